The van der Waals surface area contributed by atoms with Crippen molar-refractivity contribution < 1.29 is 24.5 Å². The molecule has 3 N–H and O–H groups in total. The number of aliphatic hydroxyl groups is 2. The first-order valence-corrected chi connectivity index (χ1v) is 16.0. The van der Waals surface area contributed by atoms with Crippen molar-refractivity contribution in [3.8, 4) is 5.75 Å². The van der Waals surface area contributed by atoms with Crippen molar-refractivity contribution in [2.24, 2.45) is 17.8 Å². The van der Waals surface area contributed by atoms with E-state index in [0.717, 1.165) is 41.6 Å². The Morgan fingerprint density at radius 3 is 2.49 bits per heavy atom. The van der Waals surface area contributed by atoms with Gasteiger partial charge in [0.1, 0.15) is 18.0 Å². The standard InChI is InChI=1S/C31H43IN2O5/c32-25-9-5-6-10-27(25)39-28-18-23(31(38)33-13-14-35)17-26(30(28)37)34(24-7-3-1-2-4-8-24)29(36)19-22-16-20-11-12-21(22)15-20/h5-6,9-10,18,20-22,24,26,28,30,35,37H,1-4,7-8,11-17,19H2,(H,33,38). The average Bonchev–Trinajstić information content (AvgIpc) is 3.45. The highest BCUT2D eigenvalue weighted by atomic mass is 127. The summed E-state index contributed by atoms with van der Waals surface area (Å²) in [5, 5.41) is 23.8. The number of hydrogen-bond donors (Lipinski definition) is 3. The van der Waals surface area contributed by atoms with Gasteiger partial charge in [0.25, 0.3) is 0 Å². The zero-order chi connectivity index (χ0) is 27.4. The number of para-hydroxylation sites is 1. The lowest BCUT2D eigenvalue weighted by atomic mass is 9.83. The number of aliphatic hydroxyl groups excluding tert-OH is 2. The highest BCUT2D eigenvalue weighted by molar-refractivity contribution is 14.1. The molecule has 7 nitrogen and oxygen atoms in total. The second-order valence-corrected chi connectivity index (χ2v) is 13.2. The number of carbonyl (C=O) groups excluding carboxylic acids is 2. The van der Waals surface area contributed by atoms with Crippen LogP contribution in [0.1, 0.15) is 77.0 Å². The Hall–Kier alpha value is -1.65. The summed E-state index contributed by atoms with van der Waals surface area (Å²) in [6, 6.07) is 7.15. The summed E-state index contributed by atoms with van der Waals surface area (Å²) < 4.78 is 7.24. The molecule has 2 bridgehead atoms. The lowest BCUT2D eigenvalue weighted by Crippen LogP contribution is -2.58. The fourth-order valence-electron chi connectivity index (χ4n) is 7.59. The molecule has 1 aromatic carbocycles. The molecular weight excluding hydrogens is 607 g/mol. The minimum Gasteiger partial charge on any atom is -0.482 e. The summed E-state index contributed by atoms with van der Waals surface area (Å²) in [4.78, 5) is 29.4. The topological polar surface area (TPSA) is 99.1 Å². The fraction of sp³-hybridized carbons (Fsp3) is 0.677. The molecule has 3 fully saturated rings. The Bertz CT molecular complexity index is 1040. The van der Waals surface area contributed by atoms with Crippen LogP contribution in [0, 0.1) is 21.3 Å². The van der Waals surface area contributed by atoms with E-state index in [-0.39, 0.29) is 37.4 Å². The van der Waals surface area contributed by atoms with Crippen LogP contribution < -0.4 is 10.1 Å². The molecule has 8 heteroatoms. The van der Waals surface area contributed by atoms with E-state index in [1.54, 1.807) is 6.08 Å². The number of nitrogens with zero attached hydrogens (tertiary/aromatic N) is 1. The van der Waals surface area contributed by atoms with E-state index in [0.29, 0.717) is 29.6 Å². The first kappa shape index (κ1) is 28.9. The monoisotopic (exact) mass is 650 g/mol. The van der Waals surface area contributed by atoms with Crippen LogP contribution in [0.5, 0.6) is 5.75 Å². The van der Waals surface area contributed by atoms with Crippen LogP contribution in [0.2, 0.25) is 0 Å². The Morgan fingerprint density at radius 1 is 1.05 bits per heavy atom. The molecule has 1 aromatic rings. The number of benzene rings is 1. The molecule has 0 aliphatic heterocycles. The first-order valence-electron chi connectivity index (χ1n) is 14.9. The molecule has 3 saturated carbocycles. The van der Waals surface area contributed by atoms with Gasteiger partial charge in [0.2, 0.25) is 11.8 Å². The predicted octanol–water partition coefficient (Wildman–Crippen LogP) is 4.58. The number of halogens is 1. The summed E-state index contributed by atoms with van der Waals surface area (Å²) >= 11 is 2.21. The molecule has 39 heavy (non-hydrogen) atoms. The minimum atomic E-state index is -0.956. The van der Waals surface area contributed by atoms with Gasteiger partial charge in [0.05, 0.1) is 16.2 Å². The van der Waals surface area contributed by atoms with Gasteiger partial charge in [-0.15, -0.1) is 0 Å². The third-order valence-electron chi connectivity index (χ3n) is 9.50. The summed E-state index contributed by atoms with van der Waals surface area (Å²) in [5.74, 6) is 2.36. The SMILES string of the molecule is O=C(NCCO)C1=CC(Oc2ccccc2I)C(O)C(N(C(=O)CC2CC3CCC2C3)C2CCCCCC2)C1. The van der Waals surface area contributed by atoms with Crippen molar-refractivity contribution in [3.63, 3.8) is 0 Å². The molecule has 214 valence electrons. The van der Waals surface area contributed by atoms with E-state index in [1.807, 2.05) is 29.2 Å². The van der Waals surface area contributed by atoms with E-state index in [9.17, 15) is 19.8 Å². The lowest BCUT2D eigenvalue weighted by molar-refractivity contribution is -0.144. The van der Waals surface area contributed by atoms with Gasteiger partial charge in [0, 0.05) is 31.0 Å². The molecule has 0 spiro atoms. The number of amides is 2. The van der Waals surface area contributed by atoms with Crippen molar-refractivity contribution >= 4 is 34.4 Å². The van der Waals surface area contributed by atoms with Gasteiger partial charge in [-0.2, -0.15) is 0 Å². The number of hydrogen-bond acceptors (Lipinski definition) is 5. The van der Waals surface area contributed by atoms with E-state index < -0.39 is 18.2 Å². The number of ether oxygens (including phenoxy) is 1. The van der Waals surface area contributed by atoms with E-state index >= 15 is 0 Å². The summed E-state index contributed by atoms with van der Waals surface area (Å²) in [7, 11) is 0. The molecule has 4 aliphatic carbocycles. The van der Waals surface area contributed by atoms with Gasteiger partial charge < -0.3 is 25.2 Å². The zero-order valence-corrected chi connectivity index (χ0v) is 24.9. The average molecular weight is 651 g/mol. The molecule has 6 unspecified atom stereocenters. The quantitative estimate of drug-likeness (QED) is 0.269. The van der Waals surface area contributed by atoms with Gasteiger partial charge in [-0.1, -0.05) is 44.2 Å². The molecule has 5 rings (SSSR count). The zero-order valence-electron chi connectivity index (χ0n) is 22.8. The largest absolute Gasteiger partial charge is 0.482 e. The van der Waals surface area contributed by atoms with Crippen molar-refractivity contribution in [2.75, 3.05) is 13.2 Å². The number of fused-ring (bicyclic) bond motifs is 2. The molecular formula is C31H43IN2O5. The Labute approximate surface area is 245 Å². The van der Waals surface area contributed by atoms with E-state index in [1.165, 1.54) is 32.1 Å². The van der Waals surface area contributed by atoms with Crippen molar-refractivity contribution in [1.29, 1.82) is 0 Å². The maximum absolute atomic E-state index is 14.2. The van der Waals surface area contributed by atoms with Crippen LogP contribution in [-0.2, 0) is 9.59 Å². The molecule has 2 amide bonds. The summed E-state index contributed by atoms with van der Waals surface area (Å²) in [6.45, 7) is 0.00442. The van der Waals surface area contributed by atoms with Gasteiger partial charge >= 0.3 is 0 Å². The van der Waals surface area contributed by atoms with Crippen molar-refractivity contribution in [1.82, 2.24) is 10.2 Å². The van der Waals surface area contributed by atoms with Crippen LogP contribution in [0.25, 0.3) is 0 Å². The fourth-order valence-corrected chi connectivity index (χ4v) is 8.10. The predicted molar refractivity (Wildman–Crippen MR) is 158 cm³/mol. The first-order chi connectivity index (χ1) is 18.9. The van der Waals surface area contributed by atoms with Crippen LogP contribution >= 0.6 is 22.6 Å². The highest BCUT2D eigenvalue weighted by Gasteiger charge is 2.45. The smallest absolute Gasteiger partial charge is 0.247 e. The van der Waals surface area contributed by atoms with Crippen LogP contribution in [0.4, 0.5) is 0 Å². The molecule has 0 heterocycles. The molecule has 0 saturated heterocycles. The maximum Gasteiger partial charge on any atom is 0.247 e. The van der Waals surface area contributed by atoms with E-state index in [2.05, 4.69) is 27.9 Å². The van der Waals surface area contributed by atoms with Gasteiger partial charge in [-0.3, -0.25) is 9.59 Å². The highest BCUT2D eigenvalue weighted by Crippen LogP contribution is 2.50. The number of carbonyl (C=O) groups is 2. The molecule has 0 aromatic heterocycles. The van der Waals surface area contributed by atoms with Crippen LogP contribution in [0.3, 0.4) is 0 Å². The third kappa shape index (κ3) is 6.81. The normalized spacial score (nSPS) is 30.9. The summed E-state index contributed by atoms with van der Waals surface area (Å²) in [6.07, 6.45) is 12.1. The second-order valence-electron chi connectivity index (χ2n) is 12.0. The minimum absolute atomic E-state index is 0.0654. The maximum atomic E-state index is 14.2. The number of rotatable bonds is 9. The molecule has 4 aliphatic rings. The van der Waals surface area contributed by atoms with Gasteiger partial charge in [-0.25, -0.2) is 0 Å². The van der Waals surface area contributed by atoms with Gasteiger partial charge in [0.15, 0.2) is 0 Å². The van der Waals surface area contributed by atoms with Crippen LogP contribution in [-0.4, -0.2) is 64.4 Å². The molecule has 6 atom stereocenters. The van der Waals surface area contributed by atoms with Crippen molar-refractivity contribution in [3.05, 3.63) is 39.5 Å². The van der Waals surface area contributed by atoms with Crippen molar-refractivity contribution in [2.45, 2.75) is 101 Å². The Morgan fingerprint density at radius 2 is 1.82 bits per heavy atom. The molecule has 0 radical (unpaired) electrons. The Balaban J connectivity index is 1.44. The third-order valence-corrected chi connectivity index (χ3v) is 10.4. The number of nitrogens with one attached hydrogen (secondary N) is 1. The van der Waals surface area contributed by atoms with E-state index in [4.69, 9.17) is 4.74 Å². The Kier molecular flexibility index (Phi) is 9.87. The lowest BCUT2D eigenvalue weighted by Gasteiger charge is -2.44. The second kappa shape index (κ2) is 13.3. The summed E-state index contributed by atoms with van der Waals surface area (Å²) in [5.41, 5.74) is 0.501. The van der Waals surface area contributed by atoms with Gasteiger partial charge in [-0.05, 0) is 90.7 Å². The van der Waals surface area contributed by atoms with Crippen LogP contribution in [0.15, 0.2) is 35.9 Å².